The predicted molar refractivity (Wildman–Crippen MR) is 196 cm³/mol. The Kier molecular flexibility index (Phi) is 10.8. The minimum absolute atomic E-state index is 0.0280. The molecule has 5 rings (SSSR count). The number of carboxylic acids is 1. The molecule has 2 aliphatic heterocycles. The maximum absolute atomic E-state index is 13.7. The predicted octanol–water partition coefficient (Wildman–Crippen LogP) is 8.81. The normalized spacial score (nSPS) is 19.5. The van der Waals surface area contributed by atoms with Crippen LogP contribution >= 0.6 is 0 Å². The van der Waals surface area contributed by atoms with Crippen LogP contribution in [0, 0.1) is 0 Å². The lowest BCUT2D eigenvalue weighted by molar-refractivity contribution is -0.438. The van der Waals surface area contributed by atoms with Gasteiger partial charge in [-0.05, 0) is 56.4 Å². The van der Waals surface area contributed by atoms with E-state index in [2.05, 4.69) is 69.2 Å². The molecule has 7 heteroatoms. The van der Waals surface area contributed by atoms with Gasteiger partial charge >= 0.3 is 5.97 Å². The third-order valence-corrected chi connectivity index (χ3v) is 10.6. The van der Waals surface area contributed by atoms with Gasteiger partial charge in [0.25, 0.3) is 0 Å². The summed E-state index contributed by atoms with van der Waals surface area (Å²) in [5.74, 6) is -2.49. The molecule has 0 saturated carbocycles. The molecule has 0 fully saturated rings. The molecule has 7 nitrogen and oxygen atoms in total. The lowest BCUT2D eigenvalue weighted by Gasteiger charge is -2.27. The fraction of sp³-hybridized carbons (Fsp3) is 0.476. The summed E-state index contributed by atoms with van der Waals surface area (Å²) in [5.41, 5.74) is 6.10. The van der Waals surface area contributed by atoms with Crippen LogP contribution in [0.5, 0.6) is 0 Å². The zero-order valence-corrected chi connectivity index (χ0v) is 30.2. The van der Waals surface area contributed by atoms with Crippen LogP contribution in [0.2, 0.25) is 0 Å². The van der Waals surface area contributed by atoms with Crippen molar-refractivity contribution in [3.8, 4) is 0 Å². The largest absolute Gasteiger partial charge is 0.506 e. The van der Waals surface area contributed by atoms with Gasteiger partial charge in [-0.2, -0.15) is 4.58 Å². The number of hydrogen-bond acceptors (Lipinski definition) is 5. The molecule has 3 aliphatic rings. The first-order valence-electron chi connectivity index (χ1n) is 18.2. The molecule has 2 N–H and O–H groups in total. The van der Waals surface area contributed by atoms with Crippen LogP contribution in [0.3, 0.4) is 0 Å². The fourth-order valence-corrected chi connectivity index (χ4v) is 7.71. The van der Waals surface area contributed by atoms with Crippen LogP contribution < -0.4 is 4.90 Å². The minimum atomic E-state index is -0.837. The lowest BCUT2D eigenvalue weighted by Crippen LogP contribution is -2.29. The van der Waals surface area contributed by atoms with Crippen LogP contribution in [0.25, 0.3) is 0 Å². The number of allylic oxidation sites excluding steroid dienone is 5. The summed E-state index contributed by atoms with van der Waals surface area (Å²) in [6, 6.07) is 14.4. The highest BCUT2D eigenvalue weighted by Gasteiger charge is 2.47. The molecule has 0 bridgehead atoms. The standard InChI is InChI=1S/C42H52N2O5/c1-7-9-11-15-23-43-33-18-14-13-17-31(33)41(3,4)35(43)26-29-38(47)30(40(49)39(29)48)27-36-42(5,6)32-25-28(20-22-37(45)46)19-21-34(32)44(36)24-16-12-10-8-2/h13-14,17-19,21,25-27H,7-12,15-16,20,22-24H2,1-6H3,(H-,45,46,47,48,49)/p+1. The van der Waals surface area contributed by atoms with Gasteiger partial charge in [0.15, 0.2) is 5.71 Å². The molecule has 0 radical (unpaired) electrons. The topological polar surface area (TPSA) is 97.9 Å². The molecule has 0 spiro atoms. The second kappa shape index (κ2) is 14.7. The molecule has 0 amide bonds. The number of fused-ring (bicyclic) bond motifs is 2. The number of unbranched alkanes of at least 4 members (excludes halogenated alkanes) is 6. The van der Waals surface area contributed by atoms with E-state index in [0.29, 0.717) is 6.42 Å². The first-order valence-corrected chi connectivity index (χ1v) is 18.2. The van der Waals surface area contributed by atoms with Gasteiger partial charge in [0.05, 0.1) is 16.6 Å². The number of rotatable bonds is 15. The third kappa shape index (κ3) is 6.95. The summed E-state index contributed by atoms with van der Waals surface area (Å²) in [5, 5.41) is 21.0. The van der Waals surface area contributed by atoms with Crippen molar-refractivity contribution in [2.75, 3.05) is 18.0 Å². The number of nitrogens with zero attached hydrogens (tertiary/aromatic N) is 2. The summed E-state index contributed by atoms with van der Waals surface area (Å²) in [6.45, 7) is 14.3. The van der Waals surface area contributed by atoms with Crippen LogP contribution in [-0.4, -0.2) is 51.1 Å². The lowest BCUT2D eigenvalue weighted by atomic mass is 9.81. The van der Waals surface area contributed by atoms with Crippen LogP contribution in [0.4, 0.5) is 11.4 Å². The third-order valence-electron chi connectivity index (χ3n) is 10.6. The van der Waals surface area contributed by atoms with E-state index in [-0.39, 0.29) is 23.3 Å². The molecule has 49 heavy (non-hydrogen) atoms. The van der Waals surface area contributed by atoms with Crippen LogP contribution in [0.15, 0.2) is 77.2 Å². The average molecular weight is 666 g/mol. The molecule has 0 saturated heterocycles. The number of anilines is 1. The molecule has 0 atom stereocenters. The van der Waals surface area contributed by atoms with E-state index in [1.807, 2.05) is 24.3 Å². The minimum Gasteiger partial charge on any atom is -0.506 e. The van der Waals surface area contributed by atoms with Gasteiger partial charge < -0.3 is 15.1 Å². The summed E-state index contributed by atoms with van der Waals surface area (Å²) < 4.78 is 2.26. The number of aryl methyl sites for hydroxylation is 1. The van der Waals surface area contributed by atoms with E-state index in [1.165, 1.54) is 0 Å². The van der Waals surface area contributed by atoms with Gasteiger partial charge in [0.1, 0.15) is 12.3 Å². The summed E-state index contributed by atoms with van der Waals surface area (Å²) in [7, 11) is 0. The molecular formula is C42H53N2O5+. The van der Waals surface area contributed by atoms with Gasteiger partial charge in [-0.25, -0.2) is 0 Å². The number of aliphatic hydroxyl groups is 1. The Hall–Kier alpha value is -4.26. The maximum atomic E-state index is 13.7. The highest BCUT2D eigenvalue weighted by Crippen LogP contribution is 2.49. The Balaban J connectivity index is 1.59. The molecule has 260 valence electrons. The number of carboxylic acid groups (broad SMARTS) is 1. The maximum Gasteiger partial charge on any atom is 0.303 e. The average Bonchev–Trinajstić information content (AvgIpc) is 3.51. The smallest absolute Gasteiger partial charge is 0.303 e. The zero-order chi connectivity index (χ0) is 35.5. The number of carbonyl (C=O) groups is 3. The Morgan fingerprint density at radius 3 is 2.22 bits per heavy atom. The Morgan fingerprint density at radius 1 is 0.837 bits per heavy atom. The van der Waals surface area contributed by atoms with Crippen molar-refractivity contribution in [2.24, 2.45) is 0 Å². The van der Waals surface area contributed by atoms with E-state index < -0.39 is 28.4 Å². The molecule has 0 unspecified atom stereocenters. The number of para-hydroxylation sites is 1. The van der Waals surface area contributed by atoms with Gasteiger partial charge in [0.2, 0.25) is 17.3 Å². The van der Waals surface area contributed by atoms with E-state index in [1.54, 1.807) is 12.2 Å². The number of aliphatic carboxylic acids is 1. The number of carbonyl (C=O) groups excluding carboxylic acids is 2. The van der Waals surface area contributed by atoms with E-state index in [0.717, 1.165) is 104 Å². The van der Waals surface area contributed by atoms with Gasteiger partial charge in [-0.15, -0.1) is 0 Å². The van der Waals surface area contributed by atoms with Crippen LogP contribution in [-0.2, 0) is 31.6 Å². The summed E-state index contributed by atoms with van der Waals surface area (Å²) >= 11 is 0. The van der Waals surface area contributed by atoms with Gasteiger partial charge in [-0.1, -0.05) is 90.1 Å². The van der Waals surface area contributed by atoms with Crippen molar-refractivity contribution in [1.29, 1.82) is 0 Å². The van der Waals surface area contributed by atoms with Crippen molar-refractivity contribution >= 4 is 34.6 Å². The monoisotopic (exact) mass is 665 g/mol. The molecule has 2 aromatic carbocycles. The molecule has 1 aliphatic carbocycles. The Labute approximate surface area is 291 Å². The van der Waals surface area contributed by atoms with Crippen molar-refractivity contribution in [3.05, 3.63) is 93.9 Å². The Morgan fingerprint density at radius 2 is 1.53 bits per heavy atom. The van der Waals surface area contributed by atoms with E-state index in [4.69, 9.17) is 0 Å². The second-order valence-corrected chi connectivity index (χ2v) is 14.8. The summed E-state index contributed by atoms with van der Waals surface area (Å²) in [6.07, 6.45) is 12.6. The fourth-order valence-electron chi connectivity index (χ4n) is 7.71. The number of Topliss-reactive ketones (excluding diaryl/α,β-unsaturated/α-hetero) is 2. The van der Waals surface area contributed by atoms with Crippen molar-refractivity contribution in [1.82, 2.24) is 0 Å². The van der Waals surface area contributed by atoms with Crippen molar-refractivity contribution in [3.63, 3.8) is 0 Å². The number of hydrogen-bond donors (Lipinski definition) is 2. The van der Waals surface area contributed by atoms with Crippen molar-refractivity contribution in [2.45, 2.75) is 117 Å². The van der Waals surface area contributed by atoms with E-state index >= 15 is 0 Å². The number of ketones is 2. The highest BCUT2D eigenvalue weighted by atomic mass is 16.4. The first kappa shape index (κ1) is 36.0. The quantitative estimate of drug-likeness (QED) is 0.0854. The summed E-state index contributed by atoms with van der Waals surface area (Å²) in [4.78, 5) is 41.0. The number of aliphatic hydroxyl groups excluding tert-OH is 1. The van der Waals surface area contributed by atoms with E-state index in [9.17, 15) is 24.6 Å². The second-order valence-electron chi connectivity index (χ2n) is 14.8. The SMILES string of the molecule is CCCCCCN1C(=CC2=C(O)C(=CC3=[N+](CCCCCC)c4ccccc4C3(C)C)C(=O)C2=O)C(C)(C)c2cc(CCC(=O)O)ccc21. The molecule has 2 aromatic rings. The zero-order valence-electron chi connectivity index (χ0n) is 30.2. The Bertz CT molecular complexity index is 1770. The molecule has 2 heterocycles. The van der Waals surface area contributed by atoms with Crippen LogP contribution in [0.1, 0.15) is 116 Å². The number of benzene rings is 2. The highest BCUT2D eigenvalue weighted by molar-refractivity contribution is 6.54. The first-order chi connectivity index (χ1) is 23.3. The molecular weight excluding hydrogens is 612 g/mol. The van der Waals surface area contributed by atoms with Gasteiger partial charge in [-0.3, -0.25) is 14.4 Å². The van der Waals surface area contributed by atoms with Crippen molar-refractivity contribution < 1.29 is 29.2 Å². The van der Waals surface area contributed by atoms with Gasteiger partial charge in [0, 0.05) is 53.9 Å². The molecule has 0 aromatic heterocycles.